The molecule has 2 rings (SSSR count). The van der Waals surface area contributed by atoms with Crippen LogP contribution in [-0.2, 0) is 6.54 Å². The minimum Gasteiger partial charge on any atom is -0.383 e. The van der Waals surface area contributed by atoms with Crippen LogP contribution in [-0.4, -0.2) is 23.0 Å². The summed E-state index contributed by atoms with van der Waals surface area (Å²) < 4.78 is 0. The van der Waals surface area contributed by atoms with Crippen molar-refractivity contribution in [3.8, 4) is 0 Å². The lowest BCUT2D eigenvalue weighted by molar-refractivity contribution is 0.135. The van der Waals surface area contributed by atoms with Gasteiger partial charge < -0.3 is 5.73 Å². The molecule has 0 aliphatic heterocycles. The number of nitrogens with zero attached hydrogens (tertiary/aromatic N) is 2. The summed E-state index contributed by atoms with van der Waals surface area (Å²) in [5.74, 6) is 0.636. The number of pyridine rings is 1. The van der Waals surface area contributed by atoms with Gasteiger partial charge in [0.2, 0.25) is 0 Å². The van der Waals surface area contributed by atoms with Crippen LogP contribution < -0.4 is 5.73 Å². The normalized spacial score (nSPS) is 13.9. The first-order valence-corrected chi connectivity index (χ1v) is 7.13. The first-order valence-electron chi connectivity index (χ1n) is 7.13. The zero-order valence-corrected chi connectivity index (χ0v) is 13.1. The third kappa shape index (κ3) is 3.10. The molecule has 1 unspecified atom stereocenters. The molecule has 20 heavy (non-hydrogen) atoms. The number of rotatable bonds is 3. The third-order valence-corrected chi connectivity index (χ3v) is 4.17. The number of hydrogen-bond donors (Lipinski definition) is 1. The number of anilines is 1. The van der Waals surface area contributed by atoms with Crippen molar-refractivity contribution in [3.05, 3.63) is 35.9 Å². The lowest BCUT2D eigenvalue weighted by Gasteiger charge is -2.35. The summed E-state index contributed by atoms with van der Waals surface area (Å²) in [5, 5.41) is 1.15. The van der Waals surface area contributed by atoms with E-state index >= 15 is 0 Å². The van der Waals surface area contributed by atoms with Crippen LogP contribution in [0.5, 0.6) is 0 Å². The molecule has 3 nitrogen and oxygen atoms in total. The van der Waals surface area contributed by atoms with Crippen molar-refractivity contribution >= 4 is 16.7 Å². The number of nitrogen functional groups attached to an aromatic ring is 1. The first-order chi connectivity index (χ1) is 9.29. The molecule has 1 heterocycles. The summed E-state index contributed by atoms with van der Waals surface area (Å²) in [6.45, 7) is 9.86. The van der Waals surface area contributed by atoms with E-state index in [-0.39, 0.29) is 5.41 Å². The molecule has 0 bridgehead atoms. The highest BCUT2D eigenvalue weighted by Gasteiger charge is 2.24. The number of para-hydroxylation sites is 1. The zero-order valence-electron chi connectivity index (χ0n) is 13.1. The fourth-order valence-electron chi connectivity index (χ4n) is 2.37. The standard InChI is InChI=1S/C17H25N3/c1-12(17(2,3)4)20(5)11-14-10-13-8-6-7-9-15(13)19-16(14)18/h6-10,12H,11H2,1-5H3,(H2,18,19). The lowest BCUT2D eigenvalue weighted by Crippen LogP contribution is -2.38. The molecular formula is C17H25N3. The highest BCUT2D eigenvalue weighted by Crippen LogP contribution is 2.26. The molecule has 0 aliphatic carbocycles. The summed E-state index contributed by atoms with van der Waals surface area (Å²) in [4.78, 5) is 6.84. The van der Waals surface area contributed by atoms with Gasteiger partial charge in [0.25, 0.3) is 0 Å². The van der Waals surface area contributed by atoms with Crippen molar-refractivity contribution in [2.24, 2.45) is 5.41 Å². The van der Waals surface area contributed by atoms with E-state index in [1.807, 2.05) is 18.2 Å². The molecule has 1 aromatic carbocycles. The van der Waals surface area contributed by atoms with Crippen LogP contribution in [0.2, 0.25) is 0 Å². The van der Waals surface area contributed by atoms with Crippen molar-refractivity contribution in [2.75, 3.05) is 12.8 Å². The van der Waals surface area contributed by atoms with Crippen LogP contribution in [0.15, 0.2) is 30.3 Å². The molecule has 0 aliphatic rings. The fraction of sp³-hybridized carbons (Fsp3) is 0.471. The maximum absolute atomic E-state index is 6.11. The molecule has 2 N–H and O–H groups in total. The van der Waals surface area contributed by atoms with E-state index in [9.17, 15) is 0 Å². The summed E-state index contributed by atoms with van der Waals surface area (Å²) in [6, 6.07) is 10.7. The molecular weight excluding hydrogens is 246 g/mol. The van der Waals surface area contributed by atoms with E-state index in [1.54, 1.807) is 0 Å². The molecule has 0 spiro atoms. The SMILES string of the molecule is CC(N(C)Cc1cc2ccccc2nc1N)C(C)(C)C. The van der Waals surface area contributed by atoms with Gasteiger partial charge >= 0.3 is 0 Å². The number of benzene rings is 1. The zero-order chi connectivity index (χ0) is 14.9. The molecule has 1 aromatic heterocycles. The molecule has 3 heteroatoms. The number of nitrogens with two attached hydrogens (primary N) is 1. The second-order valence-corrected chi connectivity index (χ2v) is 6.68. The van der Waals surface area contributed by atoms with Crippen molar-refractivity contribution in [1.82, 2.24) is 9.88 Å². The van der Waals surface area contributed by atoms with Crippen molar-refractivity contribution in [2.45, 2.75) is 40.3 Å². The number of aromatic nitrogens is 1. The number of fused-ring (bicyclic) bond motifs is 1. The topological polar surface area (TPSA) is 42.2 Å². The van der Waals surface area contributed by atoms with E-state index in [4.69, 9.17) is 5.73 Å². The van der Waals surface area contributed by atoms with Gasteiger partial charge in [-0.25, -0.2) is 4.98 Å². The van der Waals surface area contributed by atoms with Gasteiger partial charge in [-0.1, -0.05) is 39.0 Å². The molecule has 0 fully saturated rings. The Morgan fingerprint density at radius 2 is 1.90 bits per heavy atom. The second-order valence-electron chi connectivity index (χ2n) is 6.68. The lowest BCUT2D eigenvalue weighted by atomic mass is 9.87. The minimum absolute atomic E-state index is 0.244. The Balaban J connectivity index is 2.27. The van der Waals surface area contributed by atoms with Gasteiger partial charge in [0.15, 0.2) is 0 Å². The average Bonchev–Trinajstić information content (AvgIpc) is 2.37. The van der Waals surface area contributed by atoms with Gasteiger partial charge in [-0.05, 0) is 31.5 Å². The van der Waals surface area contributed by atoms with Gasteiger partial charge in [0.05, 0.1) is 5.52 Å². The van der Waals surface area contributed by atoms with E-state index in [0.29, 0.717) is 11.9 Å². The number of hydrogen-bond acceptors (Lipinski definition) is 3. The Morgan fingerprint density at radius 3 is 2.55 bits per heavy atom. The molecule has 0 amide bonds. The largest absolute Gasteiger partial charge is 0.383 e. The van der Waals surface area contributed by atoms with Crippen LogP contribution in [0.1, 0.15) is 33.3 Å². The van der Waals surface area contributed by atoms with Gasteiger partial charge in [-0.3, -0.25) is 4.90 Å². The predicted molar refractivity (Wildman–Crippen MR) is 86.5 cm³/mol. The molecule has 0 saturated carbocycles. The highest BCUT2D eigenvalue weighted by atomic mass is 15.1. The van der Waals surface area contributed by atoms with Gasteiger partial charge in [0.1, 0.15) is 5.82 Å². The van der Waals surface area contributed by atoms with Crippen LogP contribution in [0.4, 0.5) is 5.82 Å². The van der Waals surface area contributed by atoms with Gasteiger partial charge in [-0.15, -0.1) is 0 Å². The van der Waals surface area contributed by atoms with E-state index in [0.717, 1.165) is 23.0 Å². The summed E-state index contributed by atoms with van der Waals surface area (Å²) >= 11 is 0. The summed E-state index contributed by atoms with van der Waals surface area (Å²) in [6.07, 6.45) is 0. The second kappa shape index (κ2) is 5.41. The first kappa shape index (κ1) is 14.8. The maximum atomic E-state index is 6.11. The Kier molecular flexibility index (Phi) is 4.00. The Hall–Kier alpha value is -1.61. The molecule has 2 aromatic rings. The minimum atomic E-state index is 0.244. The maximum Gasteiger partial charge on any atom is 0.128 e. The Morgan fingerprint density at radius 1 is 1.25 bits per heavy atom. The highest BCUT2D eigenvalue weighted by molar-refractivity contribution is 5.81. The summed E-state index contributed by atoms with van der Waals surface area (Å²) in [7, 11) is 2.14. The molecule has 108 valence electrons. The summed E-state index contributed by atoms with van der Waals surface area (Å²) in [5.41, 5.74) is 8.41. The predicted octanol–water partition coefficient (Wildman–Crippen LogP) is 3.68. The van der Waals surface area contributed by atoms with Crippen LogP contribution in [0, 0.1) is 5.41 Å². The van der Waals surface area contributed by atoms with Gasteiger partial charge in [-0.2, -0.15) is 0 Å². The Bertz CT molecular complexity index is 599. The van der Waals surface area contributed by atoms with E-state index in [2.05, 4.69) is 56.8 Å². The monoisotopic (exact) mass is 271 g/mol. The van der Waals surface area contributed by atoms with Crippen LogP contribution in [0.3, 0.4) is 0 Å². The van der Waals surface area contributed by atoms with Crippen LogP contribution >= 0.6 is 0 Å². The van der Waals surface area contributed by atoms with Crippen molar-refractivity contribution in [3.63, 3.8) is 0 Å². The quantitative estimate of drug-likeness (QED) is 0.926. The van der Waals surface area contributed by atoms with Crippen molar-refractivity contribution in [1.29, 1.82) is 0 Å². The fourth-order valence-corrected chi connectivity index (χ4v) is 2.37. The van der Waals surface area contributed by atoms with Gasteiger partial charge in [0, 0.05) is 23.5 Å². The van der Waals surface area contributed by atoms with Crippen LogP contribution in [0.25, 0.3) is 10.9 Å². The Labute approximate surface area is 121 Å². The van der Waals surface area contributed by atoms with E-state index < -0.39 is 0 Å². The molecule has 0 saturated heterocycles. The smallest absolute Gasteiger partial charge is 0.128 e. The molecule has 0 radical (unpaired) electrons. The van der Waals surface area contributed by atoms with E-state index in [1.165, 1.54) is 0 Å². The average molecular weight is 271 g/mol. The third-order valence-electron chi connectivity index (χ3n) is 4.17. The molecule has 1 atom stereocenters. The van der Waals surface area contributed by atoms with Crippen molar-refractivity contribution < 1.29 is 0 Å².